The molecule has 1 amide bonds. The van der Waals surface area contributed by atoms with E-state index in [-0.39, 0.29) is 5.91 Å². The molecule has 5 nitrogen and oxygen atoms in total. The number of carbonyl (C=O) groups is 1. The second-order valence-corrected chi connectivity index (χ2v) is 4.70. The summed E-state index contributed by atoms with van der Waals surface area (Å²) in [6, 6.07) is 7.67. The van der Waals surface area contributed by atoms with Gasteiger partial charge in [0, 0.05) is 23.4 Å². The predicted molar refractivity (Wildman–Crippen MR) is 75.1 cm³/mol. The highest BCUT2D eigenvalue weighted by atomic mass is 16.5. The molecule has 0 radical (unpaired) electrons. The minimum atomic E-state index is -0.111. The molecule has 0 spiro atoms. The average molecular weight is 269 g/mol. The summed E-state index contributed by atoms with van der Waals surface area (Å²) in [6.07, 6.45) is 3.59. The maximum Gasteiger partial charge on any atom is 0.250 e. The van der Waals surface area contributed by atoms with E-state index < -0.39 is 0 Å². The van der Waals surface area contributed by atoms with Crippen molar-refractivity contribution in [3.8, 4) is 5.75 Å². The number of fused-ring (bicyclic) bond motifs is 1. The second-order valence-electron chi connectivity index (χ2n) is 4.70. The molecular formula is C15H15N3O2. The third-order valence-corrected chi connectivity index (χ3v) is 3.30. The summed E-state index contributed by atoms with van der Waals surface area (Å²) in [5.74, 6) is 0.704. The molecule has 2 aromatic rings. The molecule has 0 aliphatic carbocycles. The van der Waals surface area contributed by atoms with Gasteiger partial charge in [-0.15, -0.1) is 0 Å². The Morgan fingerprint density at radius 1 is 1.45 bits per heavy atom. The molecule has 2 heterocycles. The maximum atomic E-state index is 12.1. The molecule has 1 aliphatic heterocycles. The maximum absolute atomic E-state index is 12.1. The fourth-order valence-electron chi connectivity index (χ4n) is 2.09. The van der Waals surface area contributed by atoms with E-state index in [9.17, 15) is 4.79 Å². The van der Waals surface area contributed by atoms with E-state index >= 15 is 0 Å². The van der Waals surface area contributed by atoms with Gasteiger partial charge in [0.05, 0.1) is 11.8 Å². The molecule has 0 bridgehead atoms. The number of rotatable bonds is 3. The standard InChI is InChI=1S/C15H15N3O2/c1-10-13(8-17-18-10)7-16-15(19)12-6-11-4-2-3-5-14(11)20-9-12/h2-6,8H,7,9H2,1H3,(H,16,19)(H,17,18). The zero-order valence-corrected chi connectivity index (χ0v) is 11.1. The quantitative estimate of drug-likeness (QED) is 0.893. The van der Waals surface area contributed by atoms with Crippen LogP contribution in [-0.4, -0.2) is 22.7 Å². The number of hydrogen-bond acceptors (Lipinski definition) is 3. The first kappa shape index (κ1) is 12.5. The number of nitrogens with one attached hydrogen (secondary N) is 2. The minimum absolute atomic E-state index is 0.111. The number of benzene rings is 1. The number of carbonyl (C=O) groups excluding carboxylic acids is 1. The van der Waals surface area contributed by atoms with Gasteiger partial charge in [0.1, 0.15) is 12.4 Å². The van der Waals surface area contributed by atoms with Crippen molar-refractivity contribution in [3.05, 3.63) is 52.9 Å². The summed E-state index contributed by atoms with van der Waals surface area (Å²) in [4.78, 5) is 12.1. The molecule has 2 N–H and O–H groups in total. The number of nitrogens with zero attached hydrogens (tertiary/aromatic N) is 1. The lowest BCUT2D eigenvalue weighted by atomic mass is 10.1. The third-order valence-electron chi connectivity index (χ3n) is 3.30. The van der Waals surface area contributed by atoms with Crippen molar-refractivity contribution in [2.45, 2.75) is 13.5 Å². The summed E-state index contributed by atoms with van der Waals surface area (Å²) >= 11 is 0. The lowest BCUT2D eigenvalue weighted by Gasteiger charge is -2.17. The minimum Gasteiger partial charge on any atom is -0.488 e. The number of amides is 1. The van der Waals surface area contributed by atoms with E-state index in [0.717, 1.165) is 22.6 Å². The van der Waals surface area contributed by atoms with Gasteiger partial charge in [-0.05, 0) is 19.1 Å². The van der Waals surface area contributed by atoms with Crippen LogP contribution in [0.2, 0.25) is 0 Å². The summed E-state index contributed by atoms with van der Waals surface area (Å²) in [7, 11) is 0. The summed E-state index contributed by atoms with van der Waals surface area (Å²) in [6.45, 7) is 2.68. The van der Waals surface area contributed by atoms with Gasteiger partial charge in [0.25, 0.3) is 5.91 Å². The monoisotopic (exact) mass is 269 g/mol. The van der Waals surface area contributed by atoms with Crippen LogP contribution < -0.4 is 10.1 Å². The Hall–Kier alpha value is -2.56. The lowest BCUT2D eigenvalue weighted by molar-refractivity contribution is -0.117. The molecule has 3 rings (SSSR count). The highest BCUT2D eigenvalue weighted by Gasteiger charge is 2.16. The first-order valence-electron chi connectivity index (χ1n) is 6.43. The Balaban J connectivity index is 1.70. The van der Waals surface area contributed by atoms with Crippen LogP contribution in [-0.2, 0) is 11.3 Å². The van der Waals surface area contributed by atoms with E-state index in [2.05, 4.69) is 15.5 Å². The topological polar surface area (TPSA) is 67.0 Å². The molecule has 102 valence electrons. The van der Waals surface area contributed by atoms with Crippen molar-refractivity contribution < 1.29 is 9.53 Å². The molecule has 20 heavy (non-hydrogen) atoms. The fraction of sp³-hybridized carbons (Fsp3) is 0.200. The average Bonchev–Trinajstić information content (AvgIpc) is 2.89. The van der Waals surface area contributed by atoms with Crippen molar-refractivity contribution in [1.82, 2.24) is 15.5 Å². The predicted octanol–water partition coefficient (Wildman–Crippen LogP) is 1.81. The van der Waals surface area contributed by atoms with E-state index in [1.807, 2.05) is 37.3 Å². The Bertz CT molecular complexity index is 673. The summed E-state index contributed by atoms with van der Waals surface area (Å²) in [5, 5.41) is 9.65. The van der Waals surface area contributed by atoms with Crippen molar-refractivity contribution >= 4 is 12.0 Å². The van der Waals surface area contributed by atoms with Crippen LogP contribution in [0.15, 0.2) is 36.0 Å². The van der Waals surface area contributed by atoms with Crippen molar-refractivity contribution in [1.29, 1.82) is 0 Å². The largest absolute Gasteiger partial charge is 0.488 e. The highest BCUT2D eigenvalue weighted by Crippen LogP contribution is 2.25. The van der Waals surface area contributed by atoms with Crippen LogP contribution in [0.25, 0.3) is 6.08 Å². The van der Waals surface area contributed by atoms with Gasteiger partial charge in [-0.25, -0.2) is 0 Å². The number of aromatic amines is 1. The molecule has 0 atom stereocenters. The summed E-state index contributed by atoms with van der Waals surface area (Å²) < 4.78 is 5.57. The lowest BCUT2D eigenvalue weighted by Crippen LogP contribution is -2.28. The van der Waals surface area contributed by atoms with Crippen LogP contribution in [0.3, 0.4) is 0 Å². The van der Waals surface area contributed by atoms with Gasteiger partial charge in [-0.1, -0.05) is 18.2 Å². The van der Waals surface area contributed by atoms with E-state index in [1.54, 1.807) is 6.20 Å². The Labute approximate surface area is 116 Å². The van der Waals surface area contributed by atoms with Gasteiger partial charge in [-0.2, -0.15) is 5.10 Å². The molecule has 0 saturated carbocycles. The van der Waals surface area contributed by atoms with Crippen LogP contribution in [0.4, 0.5) is 0 Å². The van der Waals surface area contributed by atoms with Gasteiger partial charge < -0.3 is 10.1 Å². The molecule has 0 unspecified atom stereocenters. The van der Waals surface area contributed by atoms with Crippen LogP contribution in [0, 0.1) is 6.92 Å². The smallest absolute Gasteiger partial charge is 0.250 e. The van der Waals surface area contributed by atoms with E-state index in [4.69, 9.17) is 4.74 Å². The Kier molecular flexibility index (Phi) is 3.25. The number of hydrogen-bond donors (Lipinski definition) is 2. The molecule has 5 heteroatoms. The van der Waals surface area contributed by atoms with Crippen molar-refractivity contribution in [2.24, 2.45) is 0 Å². The second kappa shape index (κ2) is 5.21. The molecule has 0 saturated heterocycles. The molecule has 1 aromatic carbocycles. The van der Waals surface area contributed by atoms with Crippen LogP contribution in [0.1, 0.15) is 16.8 Å². The van der Waals surface area contributed by atoms with Crippen molar-refractivity contribution in [2.75, 3.05) is 6.61 Å². The fourth-order valence-corrected chi connectivity index (χ4v) is 2.09. The van der Waals surface area contributed by atoms with Gasteiger partial charge in [-0.3, -0.25) is 9.89 Å². The van der Waals surface area contributed by atoms with E-state index in [0.29, 0.717) is 18.7 Å². The molecule has 1 aromatic heterocycles. The third kappa shape index (κ3) is 2.42. The number of aromatic nitrogens is 2. The molecule has 1 aliphatic rings. The molecular weight excluding hydrogens is 254 g/mol. The first-order valence-corrected chi connectivity index (χ1v) is 6.43. The first-order chi connectivity index (χ1) is 9.74. The number of ether oxygens (including phenoxy) is 1. The van der Waals surface area contributed by atoms with Gasteiger partial charge in [0.15, 0.2) is 0 Å². The zero-order valence-electron chi connectivity index (χ0n) is 11.1. The SMILES string of the molecule is Cc1[nH]ncc1CNC(=O)C1=Cc2ccccc2OC1. The highest BCUT2D eigenvalue weighted by molar-refractivity contribution is 5.99. The Morgan fingerprint density at radius 2 is 2.30 bits per heavy atom. The Morgan fingerprint density at radius 3 is 3.10 bits per heavy atom. The van der Waals surface area contributed by atoms with Crippen LogP contribution in [0.5, 0.6) is 5.75 Å². The van der Waals surface area contributed by atoms with Gasteiger partial charge in [0.2, 0.25) is 0 Å². The van der Waals surface area contributed by atoms with Crippen LogP contribution >= 0.6 is 0 Å². The zero-order chi connectivity index (χ0) is 13.9. The summed E-state index contributed by atoms with van der Waals surface area (Å²) in [5.41, 5.74) is 3.51. The van der Waals surface area contributed by atoms with E-state index in [1.165, 1.54) is 0 Å². The normalized spacial score (nSPS) is 13.2. The number of H-pyrrole nitrogens is 1. The van der Waals surface area contributed by atoms with Crippen molar-refractivity contribution in [3.63, 3.8) is 0 Å². The number of aryl methyl sites for hydroxylation is 1. The number of para-hydroxylation sites is 1. The molecule has 0 fully saturated rings. The van der Waals surface area contributed by atoms with Gasteiger partial charge >= 0.3 is 0 Å².